The number of ether oxygens (including phenoxy) is 2. The molecule has 0 spiro atoms. The van der Waals surface area contributed by atoms with Crippen molar-refractivity contribution in [3.63, 3.8) is 0 Å². The Morgan fingerprint density at radius 3 is 2.05 bits per heavy atom. The highest BCUT2D eigenvalue weighted by atomic mass is 16.5. The summed E-state index contributed by atoms with van der Waals surface area (Å²) in [4.78, 5) is 12.3. The fraction of sp³-hybridized carbons (Fsp3) is 0.235. The molecule has 0 heterocycles. The number of amides is 1. The molecule has 21 heavy (non-hydrogen) atoms. The number of nitrogens with one attached hydrogen (secondary N) is 1. The van der Waals surface area contributed by atoms with Crippen LogP contribution in [0.2, 0.25) is 0 Å². The van der Waals surface area contributed by atoms with Crippen LogP contribution >= 0.6 is 0 Å². The number of hydrogen-bond acceptors (Lipinski definition) is 3. The number of carbonyl (C=O) groups is 1. The molecule has 2 rings (SSSR count). The third kappa shape index (κ3) is 3.54. The number of anilines is 1. The quantitative estimate of drug-likeness (QED) is 0.934. The molecule has 110 valence electrons. The molecule has 1 amide bonds. The van der Waals surface area contributed by atoms with Crippen LogP contribution in [0, 0.1) is 13.8 Å². The Kier molecular flexibility index (Phi) is 4.48. The fourth-order valence-corrected chi connectivity index (χ4v) is 1.97. The van der Waals surface area contributed by atoms with E-state index in [1.54, 1.807) is 32.4 Å². The number of aryl methyl sites for hydroxylation is 2. The molecule has 0 saturated heterocycles. The highest BCUT2D eigenvalue weighted by Gasteiger charge is 2.09. The summed E-state index contributed by atoms with van der Waals surface area (Å²) in [5.41, 5.74) is 3.51. The number of methoxy groups -OCH3 is 2. The van der Waals surface area contributed by atoms with Crippen molar-refractivity contribution < 1.29 is 14.3 Å². The van der Waals surface area contributed by atoms with Crippen molar-refractivity contribution in [3.05, 3.63) is 53.1 Å². The Balaban J connectivity index is 2.24. The van der Waals surface area contributed by atoms with Gasteiger partial charge < -0.3 is 14.8 Å². The third-order valence-electron chi connectivity index (χ3n) is 3.38. The smallest absolute Gasteiger partial charge is 0.255 e. The molecule has 2 aromatic carbocycles. The normalized spacial score (nSPS) is 10.1. The second-order valence-corrected chi connectivity index (χ2v) is 4.85. The van der Waals surface area contributed by atoms with Crippen molar-refractivity contribution in [2.45, 2.75) is 13.8 Å². The van der Waals surface area contributed by atoms with Gasteiger partial charge in [0.15, 0.2) is 0 Å². The molecule has 2 aromatic rings. The van der Waals surface area contributed by atoms with E-state index in [0.29, 0.717) is 22.7 Å². The minimum Gasteiger partial charge on any atom is -0.497 e. The second kappa shape index (κ2) is 6.31. The summed E-state index contributed by atoms with van der Waals surface area (Å²) in [6.07, 6.45) is 0. The first-order valence-electron chi connectivity index (χ1n) is 6.65. The van der Waals surface area contributed by atoms with Gasteiger partial charge in [-0.05, 0) is 37.1 Å². The molecule has 0 bridgehead atoms. The minimum atomic E-state index is -0.159. The van der Waals surface area contributed by atoms with E-state index in [9.17, 15) is 4.79 Å². The van der Waals surface area contributed by atoms with Crippen LogP contribution in [0.4, 0.5) is 5.69 Å². The van der Waals surface area contributed by atoms with Gasteiger partial charge in [0.2, 0.25) is 0 Å². The first-order chi connectivity index (χ1) is 10.0. The topological polar surface area (TPSA) is 47.6 Å². The van der Waals surface area contributed by atoms with E-state index in [0.717, 1.165) is 11.1 Å². The van der Waals surface area contributed by atoms with Gasteiger partial charge in [0, 0.05) is 29.4 Å². The van der Waals surface area contributed by atoms with Gasteiger partial charge in [-0.1, -0.05) is 6.07 Å². The van der Waals surface area contributed by atoms with Crippen molar-refractivity contribution in [2.75, 3.05) is 19.5 Å². The molecule has 0 fully saturated rings. The minimum absolute atomic E-state index is 0.159. The van der Waals surface area contributed by atoms with Crippen molar-refractivity contribution in [1.82, 2.24) is 0 Å². The van der Waals surface area contributed by atoms with Gasteiger partial charge in [-0.3, -0.25) is 4.79 Å². The molecule has 0 aliphatic rings. The van der Waals surface area contributed by atoms with Gasteiger partial charge in [0.25, 0.3) is 5.91 Å². The van der Waals surface area contributed by atoms with Crippen LogP contribution in [0.3, 0.4) is 0 Å². The summed E-state index contributed by atoms with van der Waals surface area (Å²) in [6.45, 7) is 4.00. The molecule has 0 aromatic heterocycles. The van der Waals surface area contributed by atoms with Gasteiger partial charge in [-0.15, -0.1) is 0 Å². The lowest BCUT2D eigenvalue weighted by molar-refractivity contribution is 0.102. The maximum atomic E-state index is 12.3. The van der Waals surface area contributed by atoms with E-state index in [-0.39, 0.29) is 5.91 Å². The molecule has 0 aliphatic heterocycles. The SMILES string of the molecule is COc1cc(NC(=O)c2ccc(C)c(C)c2)cc(OC)c1. The molecule has 0 aliphatic carbocycles. The lowest BCUT2D eigenvalue weighted by atomic mass is 10.1. The van der Waals surface area contributed by atoms with Gasteiger partial charge in [0.05, 0.1) is 14.2 Å². The largest absolute Gasteiger partial charge is 0.497 e. The lowest BCUT2D eigenvalue weighted by Crippen LogP contribution is -2.12. The number of rotatable bonds is 4. The standard InChI is InChI=1S/C17H19NO3/c1-11-5-6-13(7-12(11)2)17(19)18-14-8-15(20-3)10-16(9-14)21-4/h5-10H,1-4H3,(H,18,19). The van der Waals surface area contributed by atoms with Crippen LogP contribution in [0.15, 0.2) is 36.4 Å². The maximum Gasteiger partial charge on any atom is 0.255 e. The van der Waals surface area contributed by atoms with Crippen LogP contribution in [-0.4, -0.2) is 20.1 Å². The average molecular weight is 285 g/mol. The monoisotopic (exact) mass is 285 g/mol. The van der Waals surface area contributed by atoms with Crippen molar-refractivity contribution in [3.8, 4) is 11.5 Å². The Labute approximate surface area is 124 Å². The Bertz CT molecular complexity index is 643. The van der Waals surface area contributed by atoms with E-state index in [1.165, 1.54) is 0 Å². The lowest BCUT2D eigenvalue weighted by Gasteiger charge is -2.10. The maximum absolute atomic E-state index is 12.3. The van der Waals surface area contributed by atoms with Crippen molar-refractivity contribution >= 4 is 11.6 Å². The van der Waals surface area contributed by atoms with Crippen LogP contribution < -0.4 is 14.8 Å². The fourth-order valence-electron chi connectivity index (χ4n) is 1.97. The highest BCUT2D eigenvalue weighted by Crippen LogP contribution is 2.26. The van der Waals surface area contributed by atoms with Crippen molar-refractivity contribution in [1.29, 1.82) is 0 Å². The Morgan fingerprint density at radius 1 is 0.905 bits per heavy atom. The average Bonchev–Trinajstić information content (AvgIpc) is 2.49. The van der Waals surface area contributed by atoms with E-state index < -0.39 is 0 Å². The molecule has 0 saturated carbocycles. The number of benzene rings is 2. The zero-order valence-electron chi connectivity index (χ0n) is 12.7. The van der Waals surface area contributed by atoms with Gasteiger partial charge in [-0.2, -0.15) is 0 Å². The number of carbonyl (C=O) groups excluding carboxylic acids is 1. The van der Waals surface area contributed by atoms with E-state index in [2.05, 4.69) is 5.32 Å². The second-order valence-electron chi connectivity index (χ2n) is 4.85. The summed E-state index contributed by atoms with van der Waals surface area (Å²) >= 11 is 0. The summed E-state index contributed by atoms with van der Waals surface area (Å²) in [7, 11) is 3.15. The van der Waals surface area contributed by atoms with E-state index in [1.807, 2.05) is 32.0 Å². The van der Waals surface area contributed by atoms with Crippen LogP contribution in [0.5, 0.6) is 11.5 Å². The van der Waals surface area contributed by atoms with Crippen molar-refractivity contribution in [2.24, 2.45) is 0 Å². The summed E-state index contributed by atoms with van der Waals surface area (Å²) < 4.78 is 10.4. The molecule has 0 atom stereocenters. The molecule has 0 radical (unpaired) electrons. The predicted molar refractivity (Wildman–Crippen MR) is 83.4 cm³/mol. The molecule has 4 nitrogen and oxygen atoms in total. The summed E-state index contributed by atoms with van der Waals surface area (Å²) in [5, 5.41) is 2.86. The molecular formula is C17H19NO3. The Morgan fingerprint density at radius 2 is 1.52 bits per heavy atom. The van der Waals surface area contributed by atoms with Gasteiger partial charge in [-0.25, -0.2) is 0 Å². The van der Waals surface area contributed by atoms with Gasteiger partial charge >= 0.3 is 0 Å². The van der Waals surface area contributed by atoms with E-state index in [4.69, 9.17) is 9.47 Å². The third-order valence-corrected chi connectivity index (χ3v) is 3.38. The highest BCUT2D eigenvalue weighted by molar-refractivity contribution is 6.04. The van der Waals surface area contributed by atoms with Crippen LogP contribution in [0.25, 0.3) is 0 Å². The molecule has 4 heteroatoms. The summed E-state index contributed by atoms with van der Waals surface area (Å²) in [5.74, 6) is 1.10. The van der Waals surface area contributed by atoms with Crippen LogP contribution in [0.1, 0.15) is 21.5 Å². The predicted octanol–water partition coefficient (Wildman–Crippen LogP) is 3.57. The van der Waals surface area contributed by atoms with Gasteiger partial charge in [0.1, 0.15) is 11.5 Å². The zero-order chi connectivity index (χ0) is 15.4. The molecule has 0 unspecified atom stereocenters. The van der Waals surface area contributed by atoms with E-state index >= 15 is 0 Å². The first-order valence-corrected chi connectivity index (χ1v) is 6.65. The molecule has 1 N–H and O–H groups in total. The molecular weight excluding hydrogens is 266 g/mol. The van der Waals surface area contributed by atoms with Crippen LogP contribution in [-0.2, 0) is 0 Å². The zero-order valence-corrected chi connectivity index (χ0v) is 12.7. The number of hydrogen-bond donors (Lipinski definition) is 1. The summed E-state index contributed by atoms with van der Waals surface area (Å²) in [6, 6.07) is 10.9. The first kappa shape index (κ1) is 14.9. The Hall–Kier alpha value is -2.49.